The minimum absolute atomic E-state index is 0.170. The fraction of sp³-hybridized carbons (Fsp3) is 0.0526. The molecule has 0 aliphatic heterocycles. The molecule has 0 bridgehead atoms. The van der Waals surface area contributed by atoms with E-state index in [0.29, 0.717) is 0 Å². The van der Waals surface area contributed by atoms with Crippen LogP contribution in [0.2, 0.25) is 0 Å². The highest BCUT2D eigenvalue weighted by molar-refractivity contribution is 7.26. The molecule has 0 radical (unpaired) electrons. The van der Waals surface area contributed by atoms with Crippen LogP contribution < -0.4 is 0 Å². The van der Waals surface area contributed by atoms with Crippen molar-refractivity contribution in [3.05, 3.63) is 223 Å². The molecule has 0 spiro atoms. The Morgan fingerprint density at radius 3 is 1.93 bits per heavy atom. The molecule has 2 heteroatoms. The Morgan fingerprint density at radius 2 is 1.05 bits per heavy atom. The minimum atomic E-state index is 0.170. The maximum atomic E-state index is 2.52. The van der Waals surface area contributed by atoms with E-state index in [-0.39, 0.29) is 11.8 Å². The third-order valence-electron chi connectivity index (χ3n) is 12.8. The Balaban J connectivity index is 1.07. The van der Waals surface area contributed by atoms with Crippen molar-refractivity contribution >= 4 is 53.3 Å². The molecule has 2 atom stereocenters. The monoisotopic (exact) mass is 769 g/mol. The SMILES string of the molecule is CC1c2cccc(-c3cccc4c3c3ccccc3n4-c3ccccc3)c2-c2ccccc2C1c1cc(-c2cccc(-c3ccccc3)c2)c2sc3ccccc3c2c1. The lowest BCUT2D eigenvalue weighted by Crippen LogP contribution is -2.17. The van der Waals surface area contributed by atoms with Gasteiger partial charge in [-0.15, -0.1) is 11.3 Å². The van der Waals surface area contributed by atoms with Gasteiger partial charge in [0.2, 0.25) is 0 Å². The predicted octanol–water partition coefficient (Wildman–Crippen LogP) is 16.1. The summed E-state index contributed by atoms with van der Waals surface area (Å²) in [5.74, 6) is 0.402. The van der Waals surface area contributed by atoms with Gasteiger partial charge in [0.15, 0.2) is 0 Å². The molecule has 9 aromatic carbocycles. The molecule has 0 saturated heterocycles. The summed E-state index contributed by atoms with van der Waals surface area (Å²) in [6.45, 7) is 2.46. The number of hydrogen-bond donors (Lipinski definition) is 0. The van der Waals surface area contributed by atoms with Gasteiger partial charge in [-0.3, -0.25) is 0 Å². The van der Waals surface area contributed by atoms with E-state index in [1.807, 2.05) is 11.3 Å². The number of nitrogens with zero attached hydrogens (tertiary/aromatic N) is 1. The topological polar surface area (TPSA) is 4.93 Å². The van der Waals surface area contributed by atoms with Gasteiger partial charge in [0.25, 0.3) is 0 Å². The van der Waals surface area contributed by atoms with Crippen LogP contribution in [0.5, 0.6) is 0 Å². The molecule has 11 aromatic rings. The van der Waals surface area contributed by atoms with Gasteiger partial charge in [0.1, 0.15) is 0 Å². The number of thiophene rings is 1. The Hall–Kier alpha value is -7.00. The van der Waals surface area contributed by atoms with Gasteiger partial charge in [-0.1, -0.05) is 165 Å². The molecular formula is C57H39NS. The summed E-state index contributed by atoms with van der Waals surface area (Å²) in [7, 11) is 0. The molecule has 0 fully saturated rings. The molecule has 2 heterocycles. The van der Waals surface area contributed by atoms with Crippen LogP contribution in [0.25, 0.3) is 92.2 Å². The Morgan fingerprint density at radius 1 is 0.424 bits per heavy atom. The summed E-state index contributed by atoms with van der Waals surface area (Å²) in [5, 5.41) is 5.24. The molecule has 1 aliphatic carbocycles. The second-order valence-corrected chi connectivity index (χ2v) is 17.1. The first-order valence-corrected chi connectivity index (χ1v) is 21.4. The molecule has 0 amide bonds. The van der Waals surface area contributed by atoms with E-state index < -0.39 is 0 Å². The van der Waals surface area contributed by atoms with Crippen molar-refractivity contribution in [2.45, 2.75) is 18.8 Å². The van der Waals surface area contributed by atoms with Crippen LogP contribution in [0, 0.1) is 0 Å². The molecule has 59 heavy (non-hydrogen) atoms. The normalized spacial score (nSPS) is 14.9. The van der Waals surface area contributed by atoms with E-state index in [2.05, 4.69) is 218 Å². The lowest BCUT2D eigenvalue weighted by Gasteiger charge is -2.35. The highest BCUT2D eigenvalue weighted by Gasteiger charge is 2.34. The number of hydrogen-bond acceptors (Lipinski definition) is 1. The van der Waals surface area contributed by atoms with Crippen LogP contribution in [-0.4, -0.2) is 4.57 Å². The summed E-state index contributed by atoms with van der Waals surface area (Å²) in [4.78, 5) is 0. The fourth-order valence-corrected chi connectivity index (χ4v) is 11.4. The lowest BCUT2D eigenvalue weighted by molar-refractivity contribution is 0.650. The van der Waals surface area contributed by atoms with Crippen molar-refractivity contribution in [2.24, 2.45) is 0 Å². The Kier molecular flexibility index (Phi) is 7.83. The van der Waals surface area contributed by atoms with Crippen molar-refractivity contribution in [1.82, 2.24) is 4.57 Å². The van der Waals surface area contributed by atoms with E-state index in [0.717, 1.165) is 0 Å². The quantitative estimate of drug-likeness (QED) is 0.164. The van der Waals surface area contributed by atoms with E-state index in [1.165, 1.54) is 109 Å². The largest absolute Gasteiger partial charge is 0.309 e. The molecule has 2 unspecified atom stereocenters. The summed E-state index contributed by atoms with van der Waals surface area (Å²) >= 11 is 1.91. The van der Waals surface area contributed by atoms with E-state index in [9.17, 15) is 0 Å². The summed E-state index contributed by atoms with van der Waals surface area (Å²) in [5.41, 5.74) is 18.1. The molecule has 0 saturated carbocycles. The second kappa shape index (κ2) is 13.6. The molecule has 0 N–H and O–H groups in total. The van der Waals surface area contributed by atoms with Crippen LogP contribution in [0.4, 0.5) is 0 Å². The number of aromatic nitrogens is 1. The maximum absolute atomic E-state index is 2.52. The van der Waals surface area contributed by atoms with E-state index in [1.54, 1.807) is 0 Å². The number of para-hydroxylation sites is 2. The molecule has 2 aromatic heterocycles. The average Bonchev–Trinajstić information content (AvgIpc) is 3.85. The van der Waals surface area contributed by atoms with E-state index >= 15 is 0 Å². The van der Waals surface area contributed by atoms with Crippen LogP contribution >= 0.6 is 11.3 Å². The first-order chi connectivity index (χ1) is 29.2. The summed E-state index contributed by atoms with van der Waals surface area (Å²) < 4.78 is 5.10. The first-order valence-electron chi connectivity index (χ1n) is 20.6. The van der Waals surface area contributed by atoms with Gasteiger partial charge < -0.3 is 4.57 Å². The summed E-state index contributed by atoms with van der Waals surface area (Å²) in [6, 6.07) is 76.6. The molecule has 1 nitrogen and oxygen atoms in total. The zero-order valence-electron chi connectivity index (χ0n) is 32.6. The standard InChI is InChI=1S/C57H39NS/c1-36-42-27-15-28-46(47-29-16-31-52-56(47)48-26-10-12-30-51(48)58(52)41-21-6-3-7-22-41)55(42)45-25-9-8-24-44(45)54(36)40-34-49(57-50(35-40)43-23-11-13-32-53(43)59-57)39-20-14-19-38(33-39)37-17-4-2-5-18-37/h2-36,54H,1H3. The van der Waals surface area contributed by atoms with Crippen LogP contribution in [0.15, 0.2) is 206 Å². The lowest BCUT2D eigenvalue weighted by atomic mass is 9.68. The van der Waals surface area contributed by atoms with Crippen molar-refractivity contribution in [3.8, 4) is 50.2 Å². The molecule has 278 valence electrons. The summed E-state index contributed by atoms with van der Waals surface area (Å²) in [6.07, 6.45) is 0. The van der Waals surface area contributed by atoms with Crippen molar-refractivity contribution in [3.63, 3.8) is 0 Å². The van der Waals surface area contributed by atoms with Gasteiger partial charge >= 0.3 is 0 Å². The molecular weight excluding hydrogens is 731 g/mol. The van der Waals surface area contributed by atoms with Crippen molar-refractivity contribution in [1.29, 1.82) is 0 Å². The third kappa shape index (κ3) is 5.30. The van der Waals surface area contributed by atoms with Gasteiger partial charge in [-0.05, 0) is 116 Å². The predicted molar refractivity (Wildman–Crippen MR) is 252 cm³/mol. The highest BCUT2D eigenvalue weighted by Crippen LogP contribution is 2.55. The molecule has 1 aliphatic rings. The number of rotatable bonds is 5. The Bertz CT molecular complexity index is 3410. The van der Waals surface area contributed by atoms with Crippen molar-refractivity contribution in [2.75, 3.05) is 0 Å². The van der Waals surface area contributed by atoms with E-state index in [4.69, 9.17) is 0 Å². The van der Waals surface area contributed by atoms with Gasteiger partial charge in [0.05, 0.1) is 11.0 Å². The first kappa shape index (κ1) is 34.1. The number of benzene rings is 9. The van der Waals surface area contributed by atoms with Crippen LogP contribution in [0.3, 0.4) is 0 Å². The Labute approximate surface area is 348 Å². The third-order valence-corrected chi connectivity index (χ3v) is 14.0. The zero-order valence-corrected chi connectivity index (χ0v) is 33.5. The van der Waals surface area contributed by atoms with Crippen LogP contribution in [0.1, 0.15) is 35.4 Å². The minimum Gasteiger partial charge on any atom is -0.309 e. The van der Waals surface area contributed by atoms with Gasteiger partial charge in [0, 0.05) is 42.6 Å². The highest BCUT2D eigenvalue weighted by atomic mass is 32.1. The average molecular weight is 770 g/mol. The zero-order chi connectivity index (χ0) is 39.0. The number of fused-ring (bicyclic) bond motifs is 9. The smallest absolute Gasteiger partial charge is 0.0547 e. The fourth-order valence-electron chi connectivity index (χ4n) is 10.2. The molecule has 12 rings (SSSR count). The second-order valence-electron chi connectivity index (χ2n) is 16.0. The van der Waals surface area contributed by atoms with Crippen LogP contribution in [-0.2, 0) is 0 Å². The van der Waals surface area contributed by atoms with Gasteiger partial charge in [-0.25, -0.2) is 0 Å². The van der Waals surface area contributed by atoms with Crippen molar-refractivity contribution < 1.29 is 0 Å². The maximum Gasteiger partial charge on any atom is 0.0547 e. The van der Waals surface area contributed by atoms with Gasteiger partial charge in [-0.2, -0.15) is 0 Å².